The predicted octanol–water partition coefficient (Wildman–Crippen LogP) is 11.3. The molecule has 3 aromatic rings. The molecule has 0 radical (unpaired) electrons. The van der Waals surface area contributed by atoms with Crippen LogP contribution in [0.5, 0.6) is 17.2 Å². The number of rotatable bonds is 6. The van der Waals surface area contributed by atoms with Crippen LogP contribution in [0.15, 0.2) is 54.6 Å². The molecule has 0 aliphatic rings. The minimum absolute atomic E-state index is 0.0264. The van der Waals surface area contributed by atoms with Crippen molar-refractivity contribution in [2.45, 2.75) is 119 Å². The Morgan fingerprint density at radius 1 is 0.475 bits per heavy atom. The molecule has 0 unspecified atom stereocenters. The maximum absolute atomic E-state index is 6.82. The smallest absolute Gasteiger partial charge is 0.409 e. The monoisotopic (exact) mass is 562 g/mol. The molecule has 0 fully saturated rings. The molecule has 0 aromatic heterocycles. The fraction of sp³-hybridized carbons (Fsp3) is 0.500. The highest BCUT2D eigenvalue weighted by Gasteiger charge is 2.32. The lowest BCUT2D eigenvalue weighted by molar-refractivity contribution is 0.374. The van der Waals surface area contributed by atoms with Crippen molar-refractivity contribution in [2.24, 2.45) is 0 Å². The van der Waals surface area contributed by atoms with Crippen LogP contribution in [0.25, 0.3) is 0 Å². The molecule has 0 aliphatic heterocycles. The Labute approximate surface area is 245 Å². The highest BCUT2D eigenvalue weighted by Crippen LogP contribution is 2.50. The van der Waals surface area contributed by atoms with E-state index >= 15 is 0 Å². The second-order valence-electron chi connectivity index (χ2n) is 15.2. The number of para-hydroxylation sites is 1. The van der Waals surface area contributed by atoms with E-state index in [-0.39, 0.29) is 21.7 Å². The van der Waals surface area contributed by atoms with Crippen molar-refractivity contribution in [3.8, 4) is 17.2 Å². The first-order valence-corrected chi connectivity index (χ1v) is 15.5. The Morgan fingerprint density at radius 2 is 0.850 bits per heavy atom. The minimum Gasteiger partial charge on any atom is -0.409 e. The van der Waals surface area contributed by atoms with Gasteiger partial charge in [-0.3, -0.25) is 0 Å². The second-order valence-corrected chi connectivity index (χ2v) is 16.1. The Kier molecular flexibility index (Phi) is 9.12. The molecule has 3 rings (SSSR count). The largest absolute Gasteiger partial charge is 0.530 e. The van der Waals surface area contributed by atoms with Gasteiger partial charge in [-0.25, -0.2) is 0 Å². The summed E-state index contributed by atoms with van der Waals surface area (Å²) in [5, 5.41) is 0. The van der Waals surface area contributed by atoms with Crippen LogP contribution in [0.1, 0.15) is 116 Å². The minimum atomic E-state index is -1.82. The molecule has 218 valence electrons. The molecule has 0 saturated carbocycles. The first-order chi connectivity index (χ1) is 18.2. The standard InChI is InChI=1S/C36H51O3P/c1-24-20-26(33(3,4)5)22-29(35(9,10)11)31(24)38-40(37-28-18-16-15-17-19-28)39-32-25(2)21-27(34(6,7)8)23-30(32)36(12,13)14/h15-23H,1-14H3. The molecule has 0 bridgehead atoms. The van der Waals surface area contributed by atoms with E-state index in [1.165, 1.54) is 11.1 Å². The van der Waals surface area contributed by atoms with Crippen LogP contribution in [-0.4, -0.2) is 0 Å². The van der Waals surface area contributed by atoms with Crippen molar-refractivity contribution in [1.29, 1.82) is 0 Å². The topological polar surface area (TPSA) is 27.7 Å². The Balaban J connectivity index is 2.18. The van der Waals surface area contributed by atoms with Crippen LogP contribution in [0.4, 0.5) is 0 Å². The molecule has 0 aliphatic carbocycles. The number of hydrogen-bond donors (Lipinski definition) is 0. The zero-order valence-corrected chi connectivity index (χ0v) is 28.3. The quantitative estimate of drug-likeness (QED) is 0.280. The van der Waals surface area contributed by atoms with Gasteiger partial charge in [-0.05, 0) is 69.9 Å². The van der Waals surface area contributed by atoms with Crippen LogP contribution in [0.2, 0.25) is 0 Å². The molecule has 0 spiro atoms. The Morgan fingerprint density at radius 3 is 1.18 bits per heavy atom. The summed E-state index contributed by atoms with van der Waals surface area (Å²) in [6.45, 7) is 31.1. The van der Waals surface area contributed by atoms with Crippen LogP contribution in [-0.2, 0) is 21.7 Å². The van der Waals surface area contributed by atoms with E-state index in [2.05, 4.69) is 121 Å². The molecule has 40 heavy (non-hydrogen) atoms. The third-order valence-electron chi connectivity index (χ3n) is 7.15. The van der Waals surface area contributed by atoms with Crippen LogP contribution in [0.3, 0.4) is 0 Å². The molecule has 0 amide bonds. The van der Waals surface area contributed by atoms with Gasteiger partial charge in [0.25, 0.3) is 0 Å². The van der Waals surface area contributed by atoms with E-state index in [0.29, 0.717) is 0 Å². The van der Waals surface area contributed by atoms with Gasteiger partial charge in [-0.1, -0.05) is 126 Å². The van der Waals surface area contributed by atoms with E-state index in [1.807, 2.05) is 30.3 Å². The van der Waals surface area contributed by atoms with Crippen LogP contribution >= 0.6 is 8.60 Å². The Hall–Kier alpha value is -2.51. The summed E-state index contributed by atoms with van der Waals surface area (Å²) in [5.74, 6) is 2.39. The van der Waals surface area contributed by atoms with Crippen molar-refractivity contribution in [2.75, 3.05) is 0 Å². The second kappa shape index (κ2) is 11.4. The summed E-state index contributed by atoms with van der Waals surface area (Å²) in [4.78, 5) is 0. The lowest BCUT2D eigenvalue weighted by atomic mass is 9.79. The van der Waals surface area contributed by atoms with Gasteiger partial charge < -0.3 is 13.6 Å². The summed E-state index contributed by atoms with van der Waals surface area (Å²) in [5.41, 5.74) is 6.85. The first kappa shape index (κ1) is 32.0. The summed E-state index contributed by atoms with van der Waals surface area (Å²) in [7, 11) is -1.82. The molecule has 0 heterocycles. The fourth-order valence-electron chi connectivity index (χ4n) is 4.54. The van der Waals surface area contributed by atoms with Gasteiger partial charge in [-0.15, -0.1) is 0 Å². The molecule has 3 aromatic carbocycles. The first-order valence-electron chi connectivity index (χ1n) is 14.4. The van der Waals surface area contributed by atoms with E-state index < -0.39 is 8.60 Å². The average molecular weight is 563 g/mol. The zero-order chi connectivity index (χ0) is 30.3. The highest BCUT2D eigenvalue weighted by molar-refractivity contribution is 7.43. The van der Waals surface area contributed by atoms with E-state index in [9.17, 15) is 0 Å². The van der Waals surface area contributed by atoms with Crippen LogP contribution < -0.4 is 13.6 Å². The summed E-state index contributed by atoms with van der Waals surface area (Å²) in [6, 6.07) is 18.9. The van der Waals surface area contributed by atoms with Gasteiger partial charge >= 0.3 is 8.60 Å². The van der Waals surface area contributed by atoms with Gasteiger partial charge in [0.1, 0.15) is 17.2 Å². The zero-order valence-electron chi connectivity index (χ0n) is 27.4. The lowest BCUT2D eigenvalue weighted by Gasteiger charge is -2.31. The van der Waals surface area contributed by atoms with Crippen molar-refractivity contribution in [3.63, 3.8) is 0 Å². The number of aryl methyl sites for hydroxylation is 2. The average Bonchev–Trinajstić information content (AvgIpc) is 2.79. The van der Waals surface area contributed by atoms with Crippen LogP contribution in [0, 0.1) is 13.8 Å². The SMILES string of the molecule is Cc1cc(C(C)(C)C)cc(C(C)(C)C)c1OP(Oc1ccccc1)Oc1c(C)cc(C(C)(C)C)cc1C(C)(C)C. The summed E-state index contributed by atoms with van der Waals surface area (Å²) >= 11 is 0. The van der Waals surface area contributed by atoms with Crippen molar-refractivity contribution in [3.05, 3.63) is 88.0 Å². The lowest BCUT2D eigenvalue weighted by Crippen LogP contribution is -2.20. The van der Waals surface area contributed by atoms with E-state index in [0.717, 1.165) is 39.5 Å². The molecule has 3 nitrogen and oxygen atoms in total. The van der Waals surface area contributed by atoms with Gasteiger partial charge in [0.15, 0.2) is 0 Å². The fourth-order valence-corrected chi connectivity index (χ4v) is 5.73. The third kappa shape index (κ3) is 7.82. The maximum atomic E-state index is 6.82. The van der Waals surface area contributed by atoms with Gasteiger partial charge in [0, 0.05) is 11.1 Å². The molecule has 0 N–H and O–H groups in total. The highest BCUT2D eigenvalue weighted by atomic mass is 31.2. The van der Waals surface area contributed by atoms with E-state index in [1.54, 1.807) is 0 Å². The predicted molar refractivity (Wildman–Crippen MR) is 172 cm³/mol. The van der Waals surface area contributed by atoms with Crippen molar-refractivity contribution >= 4 is 8.60 Å². The van der Waals surface area contributed by atoms with Gasteiger partial charge in [0.05, 0.1) is 0 Å². The molecular weight excluding hydrogens is 511 g/mol. The van der Waals surface area contributed by atoms with Gasteiger partial charge in [0.2, 0.25) is 0 Å². The third-order valence-corrected chi connectivity index (χ3v) is 8.18. The van der Waals surface area contributed by atoms with Crippen molar-refractivity contribution in [1.82, 2.24) is 0 Å². The number of benzene rings is 3. The number of hydrogen-bond acceptors (Lipinski definition) is 3. The summed E-state index contributed by atoms with van der Waals surface area (Å²) < 4.78 is 20.1. The van der Waals surface area contributed by atoms with Crippen molar-refractivity contribution < 1.29 is 13.6 Å². The molecular formula is C36H51O3P. The summed E-state index contributed by atoms with van der Waals surface area (Å²) in [6.07, 6.45) is 0. The van der Waals surface area contributed by atoms with Gasteiger partial charge in [-0.2, -0.15) is 0 Å². The Bertz CT molecular complexity index is 1230. The normalized spacial score (nSPS) is 13.0. The molecule has 0 atom stereocenters. The molecule has 4 heteroatoms. The van der Waals surface area contributed by atoms with E-state index in [4.69, 9.17) is 13.6 Å². The maximum Gasteiger partial charge on any atom is 0.530 e. The molecule has 0 saturated heterocycles.